The Labute approximate surface area is 109 Å². The van der Waals surface area contributed by atoms with Crippen molar-refractivity contribution < 1.29 is 9.66 Å². The van der Waals surface area contributed by atoms with Gasteiger partial charge in [0.25, 0.3) is 5.69 Å². The molecule has 0 fully saturated rings. The fourth-order valence-electron chi connectivity index (χ4n) is 1.39. The Morgan fingerprint density at radius 1 is 1.47 bits per heavy atom. The maximum absolute atomic E-state index is 10.6. The number of ether oxygens (including phenoxy) is 1. The minimum Gasteiger partial charge on any atom is -0.492 e. The molecule has 0 amide bonds. The molecule has 0 spiro atoms. The van der Waals surface area contributed by atoms with E-state index >= 15 is 0 Å². The van der Waals surface area contributed by atoms with E-state index in [0.717, 1.165) is 17.3 Å². The normalized spacial score (nSPS) is 10.6. The molecule has 0 heterocycles. The van der Waals surface area contributed by atoms with E-state index in [-0.39, 0.29) is 5.69 Å². The van der Waals surface area contributed by atoms with Gasteiger partial charge < -0.3 is 4.74 Å². The van der Waals surface area contributed by atoms with E-state index in [1.807, 2.05) is 0 Å². The first-order valence-electron chi connectivity index (χ1n) is 5.57. The van der Waals surface area contributed by atoms with Crippen LogP contribution in [0.1, 0.15) is 26.7 Å². The molecule has 94 valence electrons. The van der Waals surface area contributed by atoms with Gasteiger partial charge in [0.1, 0.15) is 5.75 Å². The van der Waals surface area contributed by atoms with Gasteiger partial charge in [-0.15, -0.1) is 0 Å². The predicted octanol–water partition coefficient (Wildman–Crippen LogP) is 4.17. The molecule has 0 bridgehead atoms. The van der Waals surface area contributed by atoms with Crippen molar-refractivity contribution >= 4 is 21.6 Å². The summed E-state index contributed by atoms with van der Waals surface area (Å²) < 4.78 is 6.27. The van der Waals surface area contributed by atoms with E-state index in [1.165, 1.54) is 12.1 Å². The van der Waals surface area contributed by atoms with Crippen molar-refractivity contribution in [1.29, 1.82) is 0 Å². The summed E-state index contributed by atoms with van der Waals surface area (Å²) in [4.78, 5) is 10.2. The Morgan fingerprint density at radius 3 is 2.76 bits per heavy atom. The van der Waals surface area contributed by atoms with Crippen LogP contribution < -0.4 is 4.74 Å². The van der Waals surface area contributed by atoms with E-state index in [1.54, 1.807) is 6.07 Å². The van der Waals surface area contributed by atoms with E-state index < -0.39 is 4.92 Å². The summed E-state index contributed by atoms with van der Waals surface area (Å²) in [5.74, 6) is 1.18. The second kappa shape index (κ2) is 6.59. The molecule has 1 aromatic rings. The highest BCUT2D eigenvalue weighted by Crippen LogP contribution is 2.29. The van der Waals surface area contributed by atoms with Gasteiger partial charge in [-0.3, -0.25) is 10.1 Å². The number of halogens is 1. The number of nitrogens with zero attached hydrogens (tertiary/aromatic N) is 1. The molecule has 5 heteroatoms. The molecule has 0 N–H and O–H groups in total. The van der Waals surface area contributed by atoms with Crippen LogP contribution in [0.15, 0.2) is 22.7 Å². The summed E-state index contributed by atoms with van der Waals surface area (Å²) in [6, 6.07) is 4.53. The van der Waals surface area contributed by atoms with Gasteiger partial charge in [0, 0.05) is 6.07 Å². The molecule has 0 radical (unpaired) electrons. The van der Waals surface area contributed by atoms with Crippen molar-refractivity contribution in [3.63, 3.8) is 0 Å². The molecule has 0 atom stereocenters. The standard InChI is InChI=1S/C12H16BrNO3/c1-9(2)4-3-7-17-12-8-10(14(15)16)5-6-11(12)13/h5-6,8-9H,3-4,7H2,1-2H3. The Bertz CT molecular complexity index is 393. The number of benzene rings is 1. The topological polar surface area (TPSA) is 52.4 Å². The van der Waals surface area contributed by atoms with Crippen LogP contribution in [-0.2, 0) is 0 Å². The zero-order chi connectivity index (χ0) is 12.8. The Balaban J connectivity index is 2.57. The lowest BCUT2D eigenvalue weighted by Crippen LogP contribution is -2.00. The van der Waals surface area contributed by atoms with Gasteiger partial charge in [0.15, 0.2) is 0 Å². The van der Waals surface area contributed by atoms with Gasteiger partial charge in [-0.1, -0.05) is 13.8 Å². The number of rotatable bonds is 6. The second-order valence-electron chi connectivity index (χ2n) is 4.26. The number of hydrogen-bond donors (Lipinski definition) is 0. The average Bonchev–Trinajstić information content (AvgIpc) is 2.25. The molecule has 4 nitrogen and oxygen atoms in total. The zero-order valence-corrected chi connectivity index (χ0v) is 11.6. The third kappa shape index (κ3) is 4.73. The lowest BCUT2D eigenvalue weighted by molar-refractivity contribution is -0.385. The first kappa shape index (κ1) is 14.0. The quantitative estimate of drug-likeness (QED) is 0.450. The molecule has 1 aromatic carbocycles. The monoisotopic (exact) mass is 301 g/mol. The third-order valence-electron chi connectivity index (χ3n) is 2.31. The molecule has 0 aromatic heterocycles. The summed E-state index contributed by atoms with van der Waals surface area (Å²) in [5.41, 5.74) is 0.0482. The van der Waals surface area contributed by atoms with Gasteiger partial charge in [-0.2, -0.15) is 0 Å². The van der Waals surface area contributed by atoms with E-state index in [4.69, 9.17) is 4.74 Å². The summed E-state index contributed by atoms with van der Waals surface area (Å²) in [7, 11) is 0. The van der Waals surface area contributed by atoms with Crippen molar-refractivity contribution in [2.24, 2.45) is 5.92 Å². The van der Waals surface area contributed by atoms with Crippen LogP contribution >= 0.6 is 15.9 Å². The summed E-state index contributed by atoms with van der Waals surface area (Å²) >= 11 is 3.31. The molecular weight excluding hydrogens is 286 g/mol. The van der Waals surface area contributed by atoms with Crippen molar-refractivity contribution in [3.8, 4) is 5.75 Å². The maximum atomic E-state index is 10.6. The van der Waals surface area contributed by atoms with Crippen molar-refractivity contribution in [1.82, 2.24) is 0 Å². The zero-order valence-electron chi connectivity index (χ0n) is 9.98. The molecule has 17 heavy (non-hydrogen) atoms. The summed E-state index contributed by atoms with van der Waals surface area (Å²) in [6.07, 6.45) is 2.04. The van der Waals surface area contributed by atoms with Gasteiger partial charge in [0.05, 0.1) is 22.1 Å². The number of hydrogen-bond acceptors (Lipinski definition) is 3. The highest BCUT2D eigenvalue weighted by molar-refractivity contribution is 9.10. The van der Waals surface area contributed by atoms with Crippen LogP contribution in [0.2, 0.25) is 0 Å². The number of nitro groups is 1. The molecule has 0 unspecified atom stereocenters. The van der Waals surface area contributed by atoms with Crippen LogP contribution in [0.3, 0.4) is 0 Å². The van der Waals surface area contributed by atoms with Crippen molar-refractivity contribution in [2.75, 3.05) is 6.61 Å². The lowest BCUT2D eigenvalue weighted by atomic mass is 10.1. The predicted molar refractivity (Wildman–Crippen MR) is 70.4 cm³/mol. The lowest BCUT2D eigenvalue weighted by Gasteiger charge is -2.09. The van der Waals surface area contributed by atoms with Crippen molar-refractivity contribution in [2.45, 2.75) is 26.7 Å². The first-order valence-corrected chi connectivity index (χ1v) is 6.36. The Morgan fingerprint density at radius 2 is 2.18 bits per heavy atom. The highest BCUT2D eigenvalue weighted by atomic mass is 79.9. The molecular formula is C12H16BrNO3. The van der Waals surface area contributed by atoms with Crippen LogP contribution in [0.4, 0.5) is 5.69 Å². The van der Waals surface area contributed by atoms with Crippen LogP contribution in [-0.4, -0.2) is 11.5 Å². The fourth-order valence-corrected chi connectivity index (χ4v) is 1.75. The SMILES string of the molecule is CC(C)CCCOc1cc([N+](=O)[O-])ccc1Br. The van der Waals surface area contributed by atoms with E-state index in [0.29, 0.717) is 18.3 Å². The van der Waals surface area contributed by atoms with Crippen LogP contribution in [0.25, 0.3) is 0 Å². The molecule has 1 rings (SSSR count). The van der Waals surface area contributed by atoms with Crippen LogP contribution in [0.5, 0.6) is 5.75 Å². The highest BCUT2D eigenvalue weighted by Gasteiger charge is 2.10. The number of non-ortho nitro benzene ring substituents is 1. The Kier molecular flexibility index (Phi) is 5.41. The fraction of sp³-hybridized carbons (Fsp3) is 0.500. The molecule has 0 aliphatic carbocycles. The minimum absolute atomic E-state index is 0.0482. The summed E-state index contributed by atoms with van der Waals surface area (Å²) in [5, 5.41) is 10.6. The van der Waals surface area contributed by atoms with Gasteiger partial charge >= 0.3 is 0 Å². The van der Waals surface area contributed by atoms with Gasteiger partial charge in [0.2, 0.25) is 0 Å². The second-order valence-corrected chi connectivity index (χ2v) is 5.11. The largest absolute Gasteiger partial charge is 0.492 e. The van der Waals surface area contributed by atoms with Crippen LogP contribution in [0, 0.1) is 16.0 Å². The minimum atomic E-state index is -0.423. The molecule has 0 aliphatic rings. The van der Waals surface area contributed by atoms with E-state index in [2.05, 4.69) is 29.8 Å². The maximum Gasteiger partial charge on any atom is 0.273 e. The molecule has 0 aliphatic heterocycles. The number of nitro benzene ring substituents is 1. The van der Waals surface area contributed by atoms with Gasteiger partial charge in [-0.25, -0.2) is 0 Å². The smallest absolute Gasteiger partial charge is 0.273 e. The first-order chi connectivity index (χ1) is 8.00. The molecule has 0 saturated heterocycles. The van der Waals surface area contributed by atoms with Gasteiger partial charge in [-0.05, 0) is 40.8 Å². The third-order valence-corrected chi connectivity index (χ3v) is 2.96. The summed E-state index contributed by atoms with van der Waals surface area (Å²) in [6.45, 7) is 4.89. The molecule has 0 saturated carbocycles. The van der Waals surface area contributed by atoms with E-state index in [9.17, 15) is 10.1 Å². The Hall–Kier alpha value is -1.10. The average molecular weight is 302 g/mol. The van der Waals surface area contributed by atoms with Crippen molar-refractivity contribution in [3.05, 3.63) is 32.8 Å².